The van der Waals surface area contributed by atoms with Crippen LogP contribution in [0.3, 0.4) is 0 Å². The van der Waals surface area contributed by atoms with Crippen LogP contribution in [0.25, 0.3) is 0 Å². The van der Waals surface area contributed by atoms with Crippen molar-refractivity contribution in [2.24, 2.45) is 0 Å². The molecule has 2 aliphatic heterocycles. The molecule has 2 aliphatic rings. The Morgan fingerprint density at radius 3 is 1.02 bits per heavy atom. The maximum Gasteiger partial charge on any atom is 0.168 e. The van der Waals surface area contributed by atoms with E-state index in [1.54, 1.807) is 0 Å². The number of hydrogen-bond acceptors (Lipinski definition) is 5. The third-order valence-electron chi connectivity index (χ3n) is 12.3. The topological polar surface area (TPSA) is 40.2 Å². The Kier molecular flexibility index (Phi) is 30.3. The van der Waals surface area contributed by atoms with E-state index < -0.39 is 0 Å². The van der Waals surface area contributed by atoms with Gasteiger partial charge in [-0.05, 0) is 90.3 Å². The van der Waals surface area contributed by atoms with Crippen LogP contribution in [0.1, 0.15) is 253 Å². The highest BCUT2D eigenvalue weighted by Gasteiger charge is 2.41. The molecule has 5 nitrogen and oxygen atoms in total. The second kappa shape index (κ2) is 32.8. The maximum atomic E-state index is 6.81. The van der Waals surface area contributed by atoms with Gasteiger partial charge in [0.1, 0.15) is 0 Å². The van der Waals surface area contributed by atoms with Crippen LogP contribution in [0.5, 0.6) is 0 Å². The van der Waals surface area contributed by atoms with Crippen LogP contribution in [-0.2, 0) is 18.9 Å². The Labute approximate surface area is 332 Å². The summed E-state index contributed by atoms with van der Waals surface area (Å²) < 4.78 is 26.7. The van der Waals surface area contributed by atoms with Crippen molar-refractivity contribution in [1.29, 1.82) is 0 Å². The van der Waals surface area contributed by atoms with Gasteiger partial charge >= 0.3 is 0 Å². The first-order valence-electron chi connectivity index (χ1n) is 24.4. The van der Waals surface area contributed by atoms with E-state index in [1.165, 1.54) is 199 Å². The van der Waals surface area contributed by atoms with Gasteiger partial charge in [0.15, 0.2) is 11.6 Å². The zero-order valence-electron chi connectivity index (χ0n) is 36.8. The Hall–Kier alpha value is -0.200. The first-order valence-corrected chi connectivity index (χ1v) is 24.4. The molecular weight excluding hydrogens is 655 g/mol. The SMILES string of the molecule is CCCCCCCCCC1(CCCCCC)OCC(CCCCN(CCCC)CCCCC2COC(CCCCCC)(CCCCCCCCC)O2)O1. The van der Waals surface area contributed by atoms with Crippen LogP contribution >= 0.6 is 0 Å². The lowest BCUT2D eigenvalue weighted by Gasteiger charge is -2.29. The summed E-state index contributed by atoms with van der Waals surface area (Å²) in [4.78, 5) is 2.75. The number of rotatable bonds is 39. The molecule has 4 atom stereocenters. The van der Waals surface area contributed by atoms with Gasteiger partial charge in [0, 0.05) is 25.7 Å². The fraction of sp³-hybridized carbons (Fsp3) is 1.00. The molecule has 0 aromatic rings. The fourth-order valence-corrected chi connectivity index (χ4v) is 8.77. The number of ether oxygens (including phenoxy) is 4. The monoisotopic (exact) mass is 750 g/mol. The van der Waals surface area contributed by atoms with Gasteiger partial charge in [-0.15, -0.1) is 0 Å². The Balaban J connectivity index is 1.71. The molecule has 2 heterocycles. The van der Waals surface area contributed by atoms with Gasteiger partial charge in [-0.1, -0.05) is 157 Å². The van der Waals surface area contributed by atoms with Crippen molar-refractivity contribution in [1.82, 2.24) is 4.90 Å². The van der Waals surface area contributed by atoms with E-state index in [4.69, 9.17) is 18.9 Å². The highest BCUT2D eigenvalue weighted by molar-refractivity contribution is 4.81. The summed E-state index contributed by atoms with van der Waals surface area (Å²) in [6.07, 6.45) is 44.0. The zero-order chi connectivity index (χ0) is 38.1. The van der Waals surface area contributed by atoms with Crippen molar-refractivity contribution in [3.05, 3.63) is 0 Å². The van der Waals surface area contributed by atoms with Crippen molar-refractivity contribution in [2.45, 2.75) is 277 Å². The summed E-state index contributed by atoms with van der Waals surface area (Å²) in [6.45, 7) is 16.8. The third-order valence-corrected chi connectivity index (χ3v) is 12.3. The van der Waals surface area contributed by atoms with Crippen LogP contribution in [-0.4, -0.2) is 61.5 Å². The third kappa shape index (κ3) is 23.6. The molecule has 316 valence electrons. The molecule has 53 heavy (non-hydrogen) atoms. The lowest BCUT2D eigenvalue weighted by atomic mass is 9.99. The number of unbranched alkanes of at least 4 members (excludes halogenated alkanes) is 21. The van der Waals surface area contributed by atoms with Gasteiger partial charge < -0.3 is 23.8 Å². The highest BCUT2D eigenvalue weighted by Crippen LogP contribution is 2.37. The van der Waals surface area contributed by atoms with E-state index in [-0.39, 0.29) is 23.8 Å². The molecule has 0 spiro atoms. The van der Waals surface area contributed by atoms with E-state index in [0.29, 0.717) is 0 Å². The van der Waals surface area contributed by atoms with Crippen molar-refractivity contribution < 1.29 is 18.9 Å². The quantitative estimate of drug-likeness (QED) is 0.0585. The molecule has 4 unspecified atom stereocenters. The fourth-order valence-electron chi connectivity index (χ4n) is 8.77. The summed E-state index contributed by atoms with van der Waals surface area (Å²) >= 11 is 0. The van der Waals surface area contributed by atoms with E-state index in [0.717, 1.165) is 51.7 Å². The van der Waals surface area contributed by atoms with E-state index in [9.17, 15) is 0 Å². The number of nitrogens with zero attached hydrogens (tertiary/aromatic N) is 1. The molecule has 2 fully saturated rings. The zero-order valence-corrected chi connectivity index (χ0v) is 36.8. The molecule has 2 rings (SSSR count). The minimum Gasteiger partial charge on any atom is -0.347 e. The van der Waals surface area contributed by atoms with Gasteiger partial charge in [-0.2, -0.15) is 0 Å². The summed E-state index contributed by atoms with van der Waals surface area (Å²) in [6, 6.07) is 0. The van der Waals surface area contributed by atoms with E-state index in [1.807, 2.05) is 0 Å². The summed E-state index contributed by atoms with van der Waals surface area (Å²) in [5.41, 5.74) is 0. The predicted octanol–water partition coefficient (Wildman–Crippen LogP) is 14.9. The Bertz CT molecular complexity index is 736. The lowest BCUT2D eigenvalue weighted by Crippen LogP contribution is -2.31. The highest BCUT2D eigenvalue weighted by atomic mass is 16.7. The standard InChI is InChI=1S/C48H95NO4/c1-6-11-16-20-22-24-30-38-47(36-28-18-13-8-3)50-43-45(52-47)34-26-32-41-49(40-15-10-5)42-33-27-35-46-44-51-48(53-46,37-29-19-14-9-4)39-31-25-23-21-17-12-7-2/h45-46H,6-44H2,1-5H3. The second-order valence-corrected chi connectivity index (χ2v) is 17.5. The van der Waals surface area contributed by atoms with Gasteiger partial charge in [0.25, 0.3) is 0 Å². The average Bonchev–Trinajstić information content (AvgIpc) is 3.77. The molecule has 0 bridgehead atoms. The second-order valence-electron chi connectivity index (χ2n) is 17.5. The molecule has 2 saturated heterocycles. The largest absolute Gasteiger partial charge is 0.347 e. The molecule has 0 aliphatic carbocycles. The minimum atomic E-state index is -0.300. The maximum absolute atomic E-state index is 6.81. The van der Waals surface area contributed by atoms with Gasteiger partial charge in [-0.3, -0.25) is 0 Å². The molecule has 0 aromatic carbocycles. The Morgan fingerprint density at radius 2 is 0.660 bits per heavy atom. The molecule has 0 saturated carbocycles. The van der Waals surface area contributed by atoms with E-state index >= 15 is 0 Å². The molecule has 0 N–H and O–H groups in total. The summed E-state index contributed by atoms with van der Waals surface area (Å²) in [5, 5.41) is 0. The van der Waals surface area contributed by atoms with Crippen molar-refractivity contribution in [3.63, 3.8) is 0 Å². The first kappa shape index (κ1) is 48.9. The van der Waals surface area contributed by atoms with Crippen molar-refractivity contribution >= 4 is 0 Å². The van der Waals surface area contributed by atoms with Crippen molar-refractivity contribution in [3.8, 4) is 0 Å². The predicted molar refractivity (Wildman–Crippen MR) is 229 cm³/mol. The minimum absolute atomic E-state index is 0.285. The molecule has 0 aromatic heterocycles. The molecule has 0 radical (unpaired) electrons. The van der Waals surface area contributed by atoms with Gasteiger partial charge in [0.05, 0.1) is 25.4 Å². The summed E-state index contributed by atoms with van der Waals surface area (Å²) in [5.74, 6) is -0.600. The smallest absolute Gasteiger partial charge is 0.168 e. The van der Waals surface area contributed by atoms with Crippen LogP contribution in [0.2, 0.25) is 0 Å². The van der Waals surface area contributed by atoms with E-state index in [2.05, 4.69) is 39.5 Å². The van der Waals surface area contributed by atoms with Crippen LogP contribution < -0.4 is 0 Å². The normalized spacial score (nSPS) is 23.2. The van der Waals surface area contributed by atoms with Gasteiger partial charge in [-0.25, -0.2) is 0 Å². The lowest BCUT2D eigenvalue weighted by molar-refractivity contribution is -0.180. The molecular formula is C48H95NO4. The van der Waals surface area contributed by atoms with Gasteiger partial charge in [0.2, 0.25) is 0 Å². The summed E-state index contributed by atoms with van der Waals surface area (Å²) in [7, 11) is 0. The molecule has 5 heteroatoms. The molecule has 0 amide bonds. The number of hydrogen-bond donors (Lipinski definition) is 0. The average molecular weight is 750 g/mol. The van der Waals surface area contributed by atoms with Crippen molar-refractivity contribution in [2.75, 3.05) is 32.8 Å². The first-order chi connectivity index (χ1) is 26.0. The Morgan fingerprint density at radius 1 is 0.358 bits per heavy atom. The van der Waals surface area contributed by atoms with Crippen LogP contribution in [0.15, 0.2) is 0 Å². The van der Waals surface area contributed by atoms with Crippen LogP contribution in [0.4, 0.5) is 0 Å². The van der Waals surface area contributed by atoms with Crippen LogP contribution in [0, 0.1) is 0 Å².